The first kappa shape index (κ1) is 22.4. The van der Waals surface area contributed by atoms with E-state index in [1.54, 1.807) is 0 Å². The van der Waals surface area contributed by atoms with E-state index in [0.29, 0.717) is 12.1 Å². The van der Waals surface area contributed by atoms with Crippen molar-refractivity contribution in [2.45, 2.75) is 51.2 Å². The first-order valence-corrected chi connectivity index (χ1v) is 10.3. The number of hydrogen-bond donors (Lipinski definition) is 2. The van der Waals surface area contributed by atoms with Crippen LogP contribution >= 0.6 is 24.0 Å². The van der Waals surface area contributed by atoms with E-state index >= 15 is 0 Å². The molecule has 1 aromatic rings. The Balaban J connectivity index is 0.00000261. The number of benzene rings is 1. The highest BCUT2D eigenvalue weighted by Gasteiger charge is 2.24. The van der Waals surface area contributed by atoms with Gasteiger partial charge in [-0.25, -0.2) is 0 Å². The number of nitrogens with zero attached hydrogens (tertiary/aromatic N) is 3. The zero-order valence-electron chi connectivity index (χ0n) is 16.9. The van der Waals surface area contributed by atoms with Gasteiger partial charge in [-0.2, -0.15) is 0 Å². The number of guanidine groups is 1. The highest BCUT2D eigenvalue weighted by atomic mass is 127. The molecule has 3 rings (SSSR count). The summed E-state index contributed by atoms with van der Waals surface area (Å²) in [5.74, 6) is 0.972. The third-order valence-electron chi connectivity index (χ3n) is 5.71. The Bertz CT molecular complexity index is 565. The number of hydrogen-bond acceptors (Lipinski definition) is 3. The molecule has 6 heteroatoms. The topological polar surface area (TPSA) is 42.9 Å². The lowest BCUT2D eigenvalue weighted by Gasteiger charge is -2.24. The lowest BCUT2D eigenvalue weighted by atomic mass is 10.2. The van der Waals surface area contributed by atoms with Crippen LogP contribution in [-0.4, -0.2) is 67.6 Å². The largest absolute Gasteiger partial charge is 0.357 e. The van der Waals surface area contributed by atoms with Crippen LogP contribution in [0.3, 0.4) is 0 Å². The number of likely N-dealkylation sites (N-methyl/N-ethyl adjacent to an activating group) is 1. The number of halogens is 1. The van der Waals surface area contributed by atoms with Crippen molar-refractivity contribution in [2.75, 3.05) is 39.8 Å². The van der Waals surface area contributed by atoms with Gasteiger partial charge in [0.05, 0.1) is 6.54 Å². The van der Waals surface area contributed by atoms with Crippen molar-refractivity contribution in [1.29, 1.82) is 0 Å². The second-order valence-electron chi connectivity index (χ2n) is 7.63. The molecule has 0 amide bonds. The zero-order chi connectivity index (χ0) is 18.2. The van der Waals surface area contributed by atoms with Crippen LogP contribution in [0, 0.1) is 0 Å². The van der Waals surface area contributed by atoms with Crippen LogP contribution in [-0.2, 0) is 6.54 Å². The molecular formula is C21H36IN5. The Morgan fingerprint density at radius 3 is 2.52 bits per heavy atom. The monoisotopic (exact) mass is 485 g/mol. The summed E-state index contributed by atoms with van der Waals surface area (Å²) in [5, 5.41) is 6.97. The molecule has 0 spiro atoms. The molecule has 2 heterocycles. The molecule has 0 radical (unpaired) electrons. The van der Waals surface area contributed by atoms with Gasteiger partial charge in [-0.05, 0) is 58.3 Å². The molecule has 0 aliphatic carbocycles. The lowest BCUT2D eigenvalue weighted by molar-refractivity contribution is 0.250. The molecule has 2 fully saturated rings. The summed E-state index contributed by atoms with van der Waals surface area (Å²) in [6, 6.07) is 12.0. The first-order valence-electron chi connectivity index (χ1n) is 10.3. The van der Waals surface area contributed by atoms with Gasteiger partial charge in [-0.1, -0.05) is 30.3 Å². The predicted octanol–water partition coefficient (Wildman–Crippen LogP) is 2.92. The summed E-state index contributed by atoms with van der Waals surface area (Å²) in [6.07, 6.45) is 5.13. The summed E-state index contributed by atoms with van der Waals surface area (Å²) >= 11 is 0. The molecule has 2 aliphatic rings. The minimum absolute atomic E-state index is 0. The smallest absolute Gasteiger partial charge is 0.191 e. The van der Waals surface area contributed by atoms with Gasteiger partial charge in [0.1, 0.15) is 0 Å². The molecule has 27 heavy (non-hydrogen) atoms. The standard InChI is InChI=1S/C21H35N5.HI/c1-3-22-21(23-15-19-11-7-13-25(19)2)24-16-20-12-8-14-26(20)17-18-9-5-4-6-10-18;/h4-6,9-10,19-20H,3,7-8,11-17H2,1-2H3,(H2,22,23,24);1H. The third kappa shape index (κ3) is 6.91. The molecule has 5 nitrogen and oxygen atoms in total. The van der Waals surface area contributed by atoms with Crippen LogP contribution in [0.4, 0.5) is 0 Å². The first-order chi connectivity index (χ1) is 12.8. The summed E-state index contributed by atoms with van der Waals surface area (Å²) in [7, 11) is 2.23. The van der Waals surface area contributed by atoms with Crippen molar-refractivity contribution in [1.82, 2.24) is 20.4 Å². The van der Waals surface area contributed by atoms with E-state index in [4.69, 9.17) is 4.99 Å². The number of aliphatic imine (C=N–C) groups is 1. The summed E-state index contributed by atoms with van der Waals surface area (Å²) in [5.41, 5.74) is 1.40. The van der Waals surface area contributed by atoms with Crippen molar-refractivity contribution in [3.63, 3.8) is 0 Å². The molecule has 2 atom stereocenters. The fraction of sp³-hybridized carbons (Fsp3) is 0.667. The molecular weight excluding hydrogens is 449 g/mol. The van der Waals surface area contributed by atoms with E-state index in [0.717, 1.165) is 32.1 Å². The minimum Gasteiger partial charge on any atom is -0.357 e. The van der Waals surface area contributed by atoms with Crippen molar-refractivity contribution < 1.29 is 0 Å². The lowest BCUT2D eigenvalue weighted by Crippen LogP contribution is -2.44. The second kappa shape index (κ2) is 11.9. The Morgan fingerprint density at radius 1 is 1.07 bits per heavy atom. The maximum atomic E-state index is 4.91. The second-order valence-corrected chi connectivity index (χ2v) is 7.63. The van der Waals surface area contributed by atoms with Crippen LogP contribution in [0.25, 0.3) is 0 Å². The highest BCUT2D eigenvalue weighted by Crippen LogP contribution is 2.20. The summed E-state index contributed by atoms with van der Waals surface area (Å²) in [6.45, 7) is 8.35. The van der Waals surface area contributed by atoms with Crippen molar-refractivity contribution in [3.05, 3.63) is 35.9 Å². The SMILES string of the molecule is CCNC(=NCC1CCCN1Cc1ccccc1)NCC1CCCN1C.I. The van der Waals surface area contributed by atoms with Crippen LogP contribution in [0.15, 0.2) is 35.3 Å². The van der Waals surface area contributed by atoms with Gasteiger partial charge in [0.15, 0.2) is 5.96 Å². The molecule has 2 aliphatic heterocycles. The quantitative estimate of drug-likeness (QED) is 0.354. The van der Waals surface area contributed by atoms with E-state index in [2.05, 4.69) is 64.7 Å². The van der Waals surface area contributed by atoms with Crippen LogP contribution in [0.5, 0.6) is 0 Å². The zero-order valence-corrected chi connectivity index (χ0v) is 19.2. The Kier molecular flexibility index (Phi) is 9.86. The van der Waals surface area contributed by atoms with Gasteiger partial charge < -0.3 is 15.5 Å². The normalized spacial score (nSPS) is 24.0. The minimum atomic E-state index is 0. The third-order valence-corrected chi connectivity index (χ3v) is 5.71. The van der Waals surface area contributed by atoms with Gasteiger partial charge in [0, 0.05) is 31.7 Å². The van der Waals surface area contributed by atoms with Gasteiger partial charge in [0.25, 0.3) is 0 Å². The molecule has 1 aromatic carbocycles. The molecule has 2 N–H and O–H groups in total. The maximum Gasteiger partial charge on any atom is 0.191 e. The number of likely N-dealkylation sites (tertiary alicyclic amines) is 2. The Hall–Kier alpha value is -0.860. The molecule has 0 bridgehead atoms. The summed E-state index contributed by atoms with van der Waals surface area (Å²) < 4.78 is 0. The maximum absolute atomic E-state index is 4.91. The van der Waals surface area contributed by atoms with Crippen molar-refractivity contribution >= 4 is 29.9 Å². The Labute approximate surface area is 182 Å². The molecule has 0 aromatic heterocycles. The van der Waals surface area contributed by atoms with Crippen LogP contribution in [0.2, 0.25) is 0 Å². The number of rotatable bonds is 7. The van der Waals surface area contributed by atoms with E-state index in [-0.39, 0.29) is 24.0 Å². The molecule has 2 unspecified atom stereocenters. The van der Waals surface area contributed by atoms with Gasteiger partial charge in [-0.3, -0.25) is 9.89 Å². The van der Waals surface area contributed by atoms with E-state index in [9.17, 15) is 0 Å². The van der Waals surface area contributed by atoms with E-state index in [1.165, 1.54) is 44.3 Å². The van der Waals surface area contributed by atoms with Crippen molar-refractivity contribution in [3.8, 4) is 0 Å². The van der Waals surface area contributed by atoms with Gasteiger partial charge in [0.2, 0.25) is 0 Å². The predicted molar refractivity (Wildman–Crippen MR) is 125 cm³/mol. The average molecular weight is 485 g/mol. The molecule has 152 valence electrons. The Morgan fingerprint density at radius 2 is 1.81 bits per heavy atom. The van der Waals surface area contributed by atoms with E-state index < -0.39 is 0 Å². The molecule has 2 saturated heterocycles. The fourth-order valence-corrected chi connectivity index (χ4v) is 4.12. The number of nitrogens with one attached hydrogen (secondary N) is 2. The average Bonchev–Trinajstić information content (AvgIpc) is 3.27. The summed E-state index contributed by atoms with van der Waals surface area (Å²) in [4.78, 5) is 9.95. The van der Waals surface area contributed by atoms with Gasteiger partial charge >= 0.3 is 0 Å². The van der Waals surface area contributed by atoms with Crippen molar-refractivity contribution in [2.24, 2.45) is 4.99 Å². The van der Waals surface area contributed by atoms with E-state index in [1.807, 2.05) is 0 Å². The molecule has 0 saturated carbocycles. The van der Waals surface area contributed by atoms with Gasteiger partial charge in [-0.15, -0.1) is 24.0 Å². The van der Waals surface area contributed by atoms with Crippen LogP contribution < -0.4 is 10.6 Å². The fourth-order valence-electron chi connectivity index (χ4n) is 4.12. The highest BCUT2D eigenvalue weighted by molar-refractivity contribution is 14.0. The van der Waals surface area contributed by atoms with Crippen LogP contribution in [0.1, 0.15) is 38.2 Å².